The van der Waals surface area contributed by atoms with Gasteiger partial charge in [-0.05, 0) is 13.0 Å². The number of unbranched alkanes of at least 4 members (excludes halogenated alkanes) is 1. The minimum Gasteiger partial charge on any atom is -0.399 e. The molecule has 0 saturated heterocycles. The van der Waals surface area contributed by atoms with Gasteiger partial charge in [0, 0.05) is 18.7 Å². The zero-order valence-corrected chi connectivity index (χ0v) is 8.37. The largest absolute Gasteiger partial charge is 0.399 e. The molecule has 0 amide bonds. The molecule has 0 aromatic heterocycles. The topological polar surface area (TPSA) is 86.7 Å². The van der Waals surface area contributed by atoms with Gasteiger partial charge in [0.2, 0.25) is 0 Å². The molecule has 0 aliphatic carbocycles. The highest BCUT2D eigenvalue weighted by atomic mass is 28.3. The van der Waals surface area contributed by atoms with Crippen molar-refractivity contribution in [3.63, 3.8) is 0 Å². The third-order valence-electron chi connectivity index (χ3n) is 2.17. The van der Waals surface area contributed by atoms with Crippen molar-refractivity contribution in [3.8, 4) is 0 Å². The van der Waals surface area contributed by atoms with Crippen molar-refractivity contribution >= 4 is 8.07 Å². The summed E-state index contributed by atoms with van der Waals surface area (Å²) in [6, 6.07) is 0.758. The van der Waals surface area contributed by atoms with E-state index in [4.69, 9.17) is 21.1 Å². The van der Waals surface area contributed by atoms with Crippen LogP contribution in [0.25, 0.3) is 0 Å². The molecule has 0 aromatic rings. The standard InChI is InChI=1S/C7H19NO3Si/c8-3-1-2-4-12(5-9,6-10)7-11/h9-11H,1-8H2. The molecule has 0 saturated carbocycles. The summed E-state index contributed by atoms with van der Waals surface area (Å²) in [6.07, 6.45) is 1.68. The van der Waals surface area contributed by atoms with Gasteiger partial charge in [-0.15, -0.1) is 0 Å². The fourth-order valence-corrected chi connectivity index (χ4v) is 2.81. The maximum absolute atomic E-state index is 8.99. The predicted octanol–water partition coefficient (Wildman–Crippen LogP) is -1.23. The van der Waals surface area contributed by atoms with Crippen LogP contribution < -0.4 is 5.73 Å². The average Bonchev–Trinajstić information content (AvgIpc) is 2.14. The van der Waals surface area contributed by atoms with Crippen LogP contribution in [-0.4, -0.2) is 48.6 Å². The van der Waals surface area contributed by atoms with Crippen LogP contribution >= 0.6 is 0 Å². The van der Waals surface area contributed by atoms with E-state index < -0.39 is 8.07 Å². The third-order valence-corrected chi connectivity index (χ3v) is 5.59. The van der Waals surface area contributed by atoms with Crippen molar-refractivity contribution in [1.82, 2.24) is 0 Å². The summed E-state index contributed by atoms with van der Waals surface area (Å²) < 4.78 is 0. The lowest BCUT2D eigenvalue weighted by atomic mass is 10.3. The van der Waals surface area contributed by atoms with Gasteiger partial charge < -0.3 is 21.1 Å². The van der Waals surface area contributed by atoms with Crippen molar-refractivity contribution < 1.29 is 15.3 Å². The molecule has 0 spiro atoms. The van der Waals surface area contributed by atoms with E-state index in [0.717, 1.165) is 18.9 Å². The molecule has 0 aliphatic heterocycles. The Balaban J connectivity index is 3.76. The van der Waals surface area contributed by atoms with E-state index in [-0.39, 0.29) is 18.7 Å². The summed E-state index contributed by atoms with van der Waals surface area (Å²) in [4.78, 5) is 0. The molecule has 0 atom stereocenters. The number of hydrogen-bond acceptors (Lipinski definition) is 4. The van der Waals surface area contributed by atoms with E-state index in [1.807, 2.05) is 0 Å². The van der Waals surface area contributed by atoms with Gasteiger partial charge in [0.25, 0.3) is 0 Å². The van der Waals surface area contributed by atoms with Gasteiger partial charge in [0.05, 0.1) is 0 Å². The maximum Gasteiger partial charge on any atom is 0.139 e. The maximum atomic E-state index is 8.99. The highest BCUT2D eigenvalue weighted by molar-refractivity contribution is 6.79. The first kappa shape index (κ1) is 12.1. The molecule has 0 unspecified atom stereocenters. The first-order valence-corrected chi connectivity index (χ1v) is 7.10. The molecule has 4 nitrogen and oxygen atoms in total. The van der Waals surface area contributed by atoms with Crippen LogP contribution in [0.2, 0.25) is 6.04 Å². The quantitative estimate of drug-likeness (QED) is 0.301. The molecular formula is C7H19NO3Si. The third kappa shape index (κ3) is 3.64. The van der Waals surface area contributed by atoms with E-state index in [1.165, 1.54) is 0 Å². The smallest absolute Gasteiger partial charge is 0.139 e. The Morgan fingerprint density at radius 3 is 1.75 bits per heavy atom. The fourth-order valence-electron chi connectivity index (χ4n) is 1.03. The molecule has 0 heterocycles. The summed E-state index contributed by atoms with van der Waals surface area (Å²) in [7, 11) is -2.14. The number of rotatable bonds is 7. The van der Waals surface area contributed by atoms with Gasteiger partial charge in [-0.3, -0.25) is 0 Å². The predicted molar refractivity (Wildman–Crippen MR) is 50.1 cm³/mol. The first-order chi connectivity index (χ1) is 5.74. The molecule has 0 fully saturated rings. The molecule has 0 radical (unpaired) electrons. The molecule has 5 N–H and O–H groups in total. The van der Waals surface area contributed by atoms with Crippen LogP contribution in [0.4, 0.5) is 0 Å². The summed E-state index contributed by atoms with van der Waals surface area (Å²) in [5.41, 5.74) is 5.31. The van der Waals surface area contributed by atoms with Crippen LogP contribution in [0.5, 0.6) is 0 Å². The molecule has 0 aliphatic rings. The minimum atomic E-state index is -2.14. The highest BCUT2D eigenvalue weighted by Crippen LogP contribution is 2.11. The van der Waals surface area contributed by atoms with Crippen LogP contribution in [0.1, 0.15) is 12.8 Å². The summed E-state index contributed by atoms with van der Waals surface area (Å²) in [5, 5.41) is 27.0. The normalized spacial score (nSPS) is 12.0. The Bertz CT molecular complexity index is 101. The second-order valence-corrected chi connectivity index (χ2v) is 7.67. The van der Waals surface area contributed by atoms with Gasteiger partial charge in [-0.2, -0.15) is 0 Å². The van der Waals surface area contributed by atoms with E-state index >= 15 is 0 Å². The zero-order chi connectivity index (χ0) is 9.45. The number of nitrogens with two attached hydrogens (primary N) is 1. The van der Waals surface area contributed by atoms with Crippen LogP contribution in [0.3, 0.4) is 0 Å². The van der Waals surface area contributed by atoms with Crippen LogP contribution in [-0.2, 0) is 0 Å². The first-order valence-electron chi connectivity index (χ1n) is 4.27. The van der Waals surface area contributed by atoms with Gasteiger partial charge in [0.15, 0.2) is 0 Å². The Hall–Kier alpha value is 0.0569. The zero-order valence-electron chi connectivity index (χ0n) is 7.37. The summed E-state index contributed by atoms with van der Waals surface area (Å²) in [5.74, 6) is 0. The fraction of sp³-hybridized carbons (Fsp3) is 1.00. The lowest BCUT2D eigenvalue weighted by molar-refractivity contribution is 0.286. The lowest BCUT2D eigenvalue weighted by Crippen LogP contribution is -2.48. The van der Waals surface area contributed by atoms with Gasteiger partial charge in [-0.25, -0.2) is 0 Å². The monoisotopic (exact) mass is 193 g/mol. The molecule has 0 bridgehead atoms. The SMILES string of the molecule is NCCCC[Si](CO)(CO)CO. The highest BCUT2D eigenvalue weighted by Gasteiger charge is 2.30. The van der Waals surface area contributed by atoms with Gasteiger partial charge in [0.1, 0.15) is 8.07 Å². The summed E-state index contributed by atoms with van der Waals surface area (Å²) in [6.45, 7) is 0.632. The molecule has 74 valence electrons. The molecule has 0 aromatic carbocycles. The van der Waals surface area contributed by atoms with Crippen molar-refractivity contribution in [3.05, 3.63) is 0 Å². The Morgan fingerprint density at radius 1 is 0.917 bits per heavy atom. The van der Waals surface area contributed by atoms with Crippen molar-refractivity contribution in [2.45, 2.75) is 18.9 Å². The minimum absolute atomic E-state index is 0.0371. The van der Waals surface area contributed by atoms with E-state index in [9.17, 15) is 0 Å². The number of aliphatic hydroxyl groups excluding tert-OH is 3. The van der Waals surface area contributed by atoms with E-state index in [2.05, 4.69) is 0 Å². The second kappa shape index (κ2) is 6.56. The molecule has 0 rings (SSSR count). The van der Waals surface area contributed by atoms with Crippen molar-refractivity contribution in [2.75, 3.05) is 25.2 Å². The number of hydrogen-bond donors (Lipinski definition) is 4. The molecular weight excluding hydrogens is 174 g/mol. The van der Waals surface area contributed by atoms with Gasteiger partial charge in [-0.1, -0.05) is 12.5 Å². The molecule has 5 heteroatoms. The van der Waals surface area contributed by atoms with Crippen LogP contribution in [0, 0.1) is 0 Å². The van der Waals surface area contributed by atoms with Crippen molar-refractivity contribution in [1.29, 1.82) is 0 Å². The van der Waals surface area contributed by atoms with Crippen molar-refractivity contribution in [2.24, 2.45) is 5.73 Å². The Labute approximate surface area is 74.0 Å². The average molecular weight is 193 g/mol. The summed E-state index contributed by atoms with van der Waals surface area (Å²) >= 11 is 0. The van der Waals surface area contributed by atoms with E-state index in [0.29, 0.717) is 6.54 Å². The van der Waals surface area contributed by atoms with Crippen LogP contribution in [0.15, 0.2) is 0 Å². The Kier molecular flexibility index (Phi) is 6.59. The molecule has 12 heavy (non-hydrogen) atoms. The lowest BCUT2D eigenvalue weighted by Gasteiger charge is -2.24. The van der Waals surface area contributed by atoms with E-state index in [1.54, 1.807) is 0 Å². The van der Waals surface area contributed by atoms with Gasteiger partial charge >= 0.3 is 0 Å². The second-order valence-electron chi connectivity index (χ2n) is 3.22. The number of aliphatic hydroxyl groups is 3. The Morgan fingerprint density at radius 2 is 1.42 bits per heavy atom.